The number of thiophene rings is 1. The quantitative estimate of drug-likeness (QED) is 0.497. The molecule has 162 valence electrons. The number of hydrogen-bond donors (Lipinski definition) is 2. The number of halogens is 1. The highest BCUT2D eigenvalue weighted by Gasteiger charge is 2.38. The van der Waals surface area contributed by atoms with E-state index in [4.69, 9.17) is 27.1 Å². The Balaban J connectivity index is 1.69. The Labute approximate surface area is 190 Å². The van der Waals surface area contributed by atoms with Crippen LogP contribution in [0.25, 0.3) is 11.3 Å². The van der Waals surface area contributed by atoms with Crippen LogP contribution in [0.5, 0.6) is 5.75 Å². The topological polar surface area (TPSA) is 85.4 Å². The summed E-state index contributed by atoms with van der Waals surface area (Å²) in [7, 11) is 0. The second kappa shape index (κ2) is 8.02. The molecule has 1 aliphatic heterocycles. The van der Waals surface area contributed by atoms with E-state index in [9.17, 15) is 9.90 Å². The van der Waals surface area contributed by atoms with E-state index in [0.717, 1.165) is 16.7 Å². The van der Waals surface area contributed by atoms with Crippen molar-refractivity contribution in [2.45, 2.75) is 44.8 Å². The average Bonchev–Trinajstić information content (AvgIpc) is 3.29. The number of Topliss-reactive ketones (excluding diaryl/α,β-unsaturated/α-hetero) is 1. The van der Waals surface area contributed by atoms with Crippen LogP contribution in [0, 0.1) is 6.92 Å². The Morgan fingerprint density at radius 2 is 2.03 bits per heavy atom. The van der Waals surface area contributed by atoms with Crippen LogP contribution in [0.15, 0.2) is 42.5 Å². The maximum atomic E-state index is 12.5. The van der Waals surface area contributed by atoms with E-state index in [0.29, 0.717) is 33.0 Å². The smallest absolute Gasteiger partial charge is 0.172 e. The normalized spacial score (nSPS) is 19.5. The number of carbonyl (C=O) groups excluding carboxylic acids is 1. The molecule has 1 aromatic carbocycles. The van der Waals surface area contributed by atoms with Crippen molar-refractivity contribution in [3.63, 3.8) is 0 Å². The molecule has 2 atom stereocenters. The van der Waals surface area contributed by atoms with Crippen molar-refractivity contribution >= 4 is 28.7 Å². The third-order valence-corrected chi connectivity index (χ3v) is 6.94. The molecule has 4 rings (SSSR count). The predicted octanol–water partition coefficient (Wildman–Crippen LogP) is 5.21. The summed E-state index contributed by atoms with van der Waals surface area (Å²) in [6.07, 6.45) is 0.404. The minimum atomic E-state index is -1.32. The lowest BCUT2D eigenvalue weighted by Crippen LogP contribution is -2.35. The summed E-state index contributed by atoms with van der Waals surface area (Å²) < 4.78 is 6.49. The van der Waals surface area contributed by atoms with Gasteiger partial charge in [-0.1, -0.05) is 41.4 Å². The van der Waals surface area contributed by atoms with Gasteiger partial charge in [0.25, 0.3) is 0 Å². The van der Waals surface area contributed by atoms with Gasteiger partial charge in [-0.05, 0) is 45.4 Å². The molecular weight excluding hydrogens is 432 g/mol. The van der Waals surface area contributed by atoms with Crippen LogP contribution in [0.4, 0.5) is 0 Å². The molecule has 2 unspecified atom stereocenters. The summed E-state index contributed by atoms with van der Waals surface area (Å²) in [5.41, 5.74) is 8.43. The molecule has 5 nitrogen and oxygen atoms in total. The number of benzene rings is 1. The number of pyridine rings is 1. The second-order valence-corrected chi connectivity index (χ2v) is 10.3. The van der Waals surface area contributed by atoms with Crippen LogP contribution in [0.3, 0.4) is 0 Å². The van der Waals surface area contributed by atoms with Crippen molar-refractivity contribution in [1.82, 2.24) is 4.98 Å². The first kappa shape index (κ1) is 22.0. The number of ketones is 1. The Morgan fingerprint density at radius 3 is 2.68 bits per heavy atom. The fourth-order valence-electron chi connectivity index (χ4n) is 3.66. The molecule has 0 fully saturated rings. The molecule has 0 spiro atoms. The Hall–Kier alpha value is -2.25. The fourth-order valence-corrected chi connectivity index (χ4v) is 4.67. The van der Waals surface area contributed by atoms with Gasteiger partial charge in [-0.2, -0.15) is 0 Å². The molecule has 7 heteroatoms. The zero-order valence-corrected chi connectivity index (χ0v) is 19.3. The minimum Gasteiger partial charge on any atom is -0.489 e. The van der Waals surface area contributed by atoms with Gasteiger partial charge in [0.1, 0.15) is 17.9 Å². The standard InChI is InChI=1S/C24H25ClN2O3S/c1-14-4-6-15(7-5-14)21-22-16(23(2,26)13-30-22)12-19(27-21)24(3,29)11-10-17(28)18-8-9-20(25)31-18/h4-9,12,29H,10-11,13,26H2,1-3H3. The summed E-state index contributed by atoms with van der Waals surface area (Å²) >= 11 is 7.18. The highest BCUT2D eigenvalue weighted by molar-refractivity contribution is 7.18. The average molecular weight is 457 g/mol. The molecule has 2 aromatic heterocycles. The number of ether oxygens (including phenoxy) is 1. The number of carbonyl (C=O) groups is 1. The lowest BCUT2D eigenvalue weighted by Gasteiger charge is -2.25. The zero-order chi connectivity index (χ0) is 22.4. The molecule has 0 amide bonds. The molecule has 3 heterocycles. The zero-order valence-electron chi connectivity index (χ0n) is 17.7. The molecule has 1 aliphatic rings. The first-order valence-corrected chi connectivity index (χ1v) is 11.3. The highest BCUT2D eigenvalue weighted by atomic mass is 35.5. The van der Waals surface area contributed by atoms with Crippen molar-refractivity contribution < 1.29 is 14.6 Å². The number of hydrogen-bond acceptors (Lipinski definition) is 6. The number of nitrogens with zero attached hydrogens (tertiary/aromatic N) is 1. The van der Waals surface area contributed by atoms with Gasteiger partial charge in [-0.25, -0.2) is 4.98 Å². The summed E-state index contributed by atoms with van der Waals surface area (Å²) in [5.74, 6) is 0.599. The molecule has 0 aliphatic carbocycles. The molecule has 3 N–H and O–H groups in total. The van der Waals surface area contributed by atoms with E-state index in [1.807, 2.05) is 44.2 Å². The van der Waals surface area contributed by atoms with Gasteiger partial charge < -0.3 is 15.6 Å². The Morgan fingerprint density at radius 1 is 1.32 bits per heavy atom. The molecule has 0 saturated carbocycles. The van der Waals surface area contributed by atoms with Crippen molar-refractivity contribution in [3.05, 3.63) is 68.5 Å². The molecule has 3 aromatic rings. The number of aryl methyl sites for hydroxylation is 1. The Kier molecular flexibility index (Phi) is 5.68. The van der Waals surface area contributed by atoms with Gasteiger partial charge in [-0.15, -0.1) is 11.3 Å². The number of nitrogens with two attached hydrogens (primary N) is 1. The lowest BCUT2D eigenvalue weighted by atomic mass is 9.88. The number of fused-ring (bicyclic) bond motifs is 1. The summed E-state index contributed by atoms with van der Waals surface area (Å²) in [5, 5.41) is 11.3. The van der Waals surface area contributed by atoms with Gasteiger partial charge in [0.05, 0.1) is 20.4 Å². The van der Waals surface area contributed by atoms with E-state index in [1.54, 1.807) is 19.1 Å². The van der Waals surface area contributed by atoms with Gasteiger partial charge in [0, 0.05) is 17.5 Å². The van der Waals surface area contributed by atoms with Crippen LogP contribution in [-0.4, -0.2) is 22.5 Å². The third kappa shape index (κ3) is 4.39. The maximum absolute atomic E-state index is 12.5. The first-order valence-electron chi connectivity index (χ1n) is 10.1. The van der Waals surface area contributed by atoms with Crippen LogP contribution in [-0.2, 0) is 11.1 Å². The Bertz CT molecular complexity index is 1140. The summed E-state index contributed by atoms with van der Waals surface area (Å²) in [6.45, 7) is 5.94. The minimum absolute atomic E-state index is 0.0518. The fraction of sp³-hybridized carbons (Fsp3) is 0.333. The molecule has 31 heavy (non-hydrogen) atoms. The van der Waals surface area contributed by atoms with E-state index in [-0.39, 0.29) is 18.6 Å². The number of aromatic nitrogens is 1. The summed E-state index contributed by atoms with van der Waals surface area (Å²) in [6, 6.07) is 13.2. The van der Waals surface area contributed by atoms with Gasteiger partial charge in [0.15, 0.2) is 11.5 Å². The maximum Gasteiger partial charge on any atom is 0.172 e. The molecular formula is C24H25ClN2O3S. The molecule has 0 radical (unpaired) electrons. The number of aliphatic hydroxyl groups is 1. The van der Waals surface area contributed by atoms with E-state index >= 15 is 0 Å². The van der Waals surface area contributed by atoms with Crippen molar-refractivity contribution in [1.29, 1.82) is 0 Å². The third-order valence-electron chi connectivity index (χ3n) is 5.67. The van der Waals surface area contributed by atoms with E-state index in [1.165, 1.54) is 11.3 Å². The van der Waals surface area contributed by atoms with Crippen molar-refractivity contribution in [2.75, 3.05) is 6.61 Å². The van der Waals surface area contributed by atoms with Crippen LogP contribution < -0.4 is 10.5 Å². The van der Waals surface area contributed by atoms with Crippen molar-refractivity contribution in [2.24, 2.45) is 5.73 Å². The monoisotopic (exact) mass is 456 g/mol. The lowest BCUT2D eigenvalue weighted by molar-refractivity contribution is 0.0397. The van der Waals surface area contributed by atoms with Crippen molar-refractivity contribution in [3.8, 4) is 17.0 Å². The van der Waals surface area contributed by atoms with Gasteiger partial charge in [0.2, 0.25) is 0 Å². The first-order chi connectivity index (χ1) is 14.6. The second-order valence-electron chi connectivity index (χ2n) is 8.61. The van der Waals surface area contributed by atoms with E-state index in [2.05, 4.69) is 0 Å². The van der Waals surface area contributed by atoms with Gasteiger partial charge in [-0.3, -0.25) is 4.79 Å². The molecule has 0 bridgehead atoms. The SMILES string of the molecule is Cc1ccc(-c2nc(C(C)(O)CCC(=O)c3ccc(Cl)s3)cc3c2OCC3(C)N)cc1. The van der Waals surface area contributed by atoms with Crippen LogP contribution in [0.1, 0.15) is 53.2 Å². The van der Waals surface area contributed by atoms with E-state index < -0.39 is 11.1 Å². The highest BCUT2D eigenvalue weighted by Crippen LogP contribution is 2.44. The number of rotatable bonds is 6. The van der Waals surface area contributed by atoms with Crippen LogP contribution in [0.2, 0.25) is 4.34 Å². The predicted molar refractivity (Wildman–Crippen MR) is 124 cm³/mol. The largest absolute Gasteiger partial charge is 0.489 e. The van der Waals surface area contributed by atoms with Crippen LogP contribution >= 0.6 is 22.9 Å². The molecule has 0 saturated heterocycles. The summed E-state index contributed by atoms with van der Waals surface area (Å²) in [4.78, 5) is 17.9. The van der Waals surface area contributed by atoms with Gasteiger partial charge >= 0.3 is 0 Å².